The van der Waals surface area contributed by atoms with Crippen molar-refractivity contribution in [2.75, 3.05) is 13.7 Å². The summed E-state index contributed by atoms with van der Waals surface area (Å²) in [4.78, 5) is 14.1. The van der Waals surface area contributed by atoms with Crippen LogP contribution >= 0.6 is 0 Å². The standard InChI is InChI=1S/C16H23NO2/c1-11(2)14-9-16(18)17(10-14)12(3)13-5-7-15(19-4)8-6-13/h5-8,11-12,14H,9-10H2,1-4H3. The Morgan fingerprint density at radius 2 is 1.84 bits per heavy atom. The Morgan fingerprint density at radius 1 is 1.21 bits per heavy atom. The van der Waals surface area contributed by atoms with Crippen LogP contribution in [-0.2, 0) is 4.79 Å². The summed E-state index contributed by atoms with van der Waals surface area (Å²) >= 11 is 0. The van der Waals surface area contributed by atoms with Crippen molar-refractivity contribution in [3.63, 3.8) is 0 Å². The van der Waals surface area contributed by atoms with E-state index in [0.29, 0.717) is 18.3 Å². The fourth-order valence-corrected chi connectivity index (χ4v) is 2.64. The van der Waals surface area contributed by atoms with Gasteiger partial charge in [-0.2, -0.15) is 0 Å². The van der Waals surface area contributed by atoms with Crippen LogP contribution in [0.5, 0.6) is 5.75 Å². The largest absolute Gasteiger partial charge is 0.497 e. The normalized spacial score (nSPS) is 21.0. The summed E-state index contributed by atoms with van der Waals surface area (Å²) < 4.78 is 5.16. The van der Waals surface area contributed by atoms with Crippen LogP contribution in [0.15, 0.2) is 24.3 Å². The SMILES string of the molecule is COc1ccc(C(C)N2CC(C(C)C)CC2=O)cc1. The van der Waals surface area contributed by atoms with Crippen LogP contribution in [0.25, 0.3) is 0 Å². The van der Waals surface area contributed by atoms with E-state index in [1.54, 1.807) is 7.11 Å². The van der Waals surface area contributed by atoms with Crippen LogP contribution in [0.4, 0.5) is 0 Å². The molecule has 1 aliphatic heterocycles. The van der Waals surface area contributed by atoms with Crippen molar-refractivity contribution in [2.24, 2.45) is 11.8 Å². The minimum Gasteiger partial charge on any atom is -0.497 e. The van der Waals surface area contributed by atoms with E-state index in [-0.39, 0.29) is 11.9 Å². The molecule has 19 heavy (non-hydrogen) atoms. The van der Waals surface area contributed by atoms with Crippen molar-refractivity contribution >= 4 is 5.91 Å². The number of methoxy groups -OCH3 is 1. The van der Waals surface area contributed by atoms with E-state index in [2.05, 4.69) is 20.8 Å². The first-order valence-electron chi connectivity index (χ1n) is 6.96. The summed E-state index contributed by atoms with van der Waals surface area (Å²) in [7, 11) is 1.66. The molecular formula is C16H23NO2. The van der Waals surface area contributed by atoms with Gasteiger partial charge in [-0.1, -0.05) is 26.0 Å². The molecule has 2 unspecified atom stereocenters. The lowest BCUT2D eigenvalue weighted by Crippen LogP contribution is -2.28. The molecule has 0 spiro atoms. The van der Waals surface area contributed by atoms with E-state index < -0.39 is 0 Å². The number of carbonyl (C=O) groups excluding carboxylic acids is 1. The topological polar surface area (TPSA) is 29.5 Å². The summed E-state index contributed by atoms with van der Waals surface area (Å²) in [5.74, 6) is 2.19. The first kappa shape index (κ1) is 13.9. The Balaban J connectivity index is 2.10. The number of amides is 1. The highest BCUT2D eigenvalue weighted by Gasteiger charge is 2.34. The van der Waals surface area contributed by atoms with Crippen LogP contribution < -0.4 is 4.74 Å². The van der Waals surface area contributed by atoms with Crippen LogP contribution in [0.3, 0.4) is 0 Å². The molecule has 0 aromatic heterocycles. The van der Waals surface area contributed by atoms with Gasteiger partial charge in [0.2, 0.25) is 5.91 Å². The monoisotopic (exact) mass is 261 g/mol. The van der Waals surface area contributed by atoms with Crippen molar-refractivity contribution in [3.8, 4) is 5.75 Å². The molecule has 1 saturated heterocycles. The van der Waals surface area contributed by atoms with Crippen molar-refractivity contribution in [3.05, 3.63) is 29.8 Å². The number of nitrogens with zero attached hydrogens (tertiary/aromatic N) is 1. The Kier molecular flexibility index (Phi) is 4.13. The number of benzene rings is 1. The van der Waals surface area contributed by atoms with E-state index in [0.717, 1.165) is 12.3 Å². The number of likely N-dealkylation sites (tertiary alicyclic amines) is 1. The maximum atomic E-state index is 12.1. The second-order valence-corrected chi connectivity index (χ2v) is 5.70. The van der Waals surface area contributed by atoms with E-state index in [1.807, 2.05) is 29.2 Å². The van der Waals surface area contributed by atoms with Gasteiger partial charge in [0, 0.05) is 13.0 Å². The van der Waals surface area contributed by atoms with Gasteiger partial charge in [0.1, 0.15) is 5.75 Å². The molecule has 1 heterocycles. The van der Waals surface area contributed by atoms with Gasteiger partial charge < -0.3 is 9.64 Å². The van der Waals surface area contributed by atoms with Gasteiger partial charge in [0.15, 0.2) is 0 Å². The minimum atomic E-state index is 0.141. The molecule has 0 aliphatic carbocycles. The van der Waals surface area contributed by atoms with E-state index in [9.17, 15) is 4.79 Å². The smallest absolute Gasteiger partial charge is 0.223 e. The number of hydrogen-bond donors (Lipinski definition) is 0. The molecule has 2 rings (SSSR count). The molecule has 3 heteroatoms. The Morgan fingerprint density at radius 3 is 2.32 bits per heavy atom. The summed E-state index contributed by atoms with van der Waals surface area (Å²) in [5.41, 5.74) is 1.17. The van der Waals surface area contributed by atoms with Crippen molar-refractivity contribution in [1.82, 2.24) is 4.90 Å². The molecule has 1 aromatic rings. The van der Waals surface area contributed by atoms with E-state index >= 15 is 0 Å². The summed E-state index contributed by atoms with van der Waals surface area (Å²) in [5, 5.41) is 0. The first-order chi connectivity index (χ1) is 9.02. The van der Waals surface area contributed by atoms with Crippen LogP contribution in [0.2, 0.25) is 0 Å². The van der Waals surface area contributed by atoms with Crippen LogP contribution in [0, 0.1) is 11.8 Å². The highest BCUT2D eigenvalue weighted by atomic mass is 16.5. The van der Waals surface area contributed by atoms with Crippen LogP contribution in [-0.4, -0.2) is 24.5 Å². The third-order valence-electron chi connectivity index (χ3n) is 4.20. The summed E-state index contributed by atoms with van der Waals surface area (Å²) in [6.07, 6.45) is 0.693. The van der Waals surface area contributed by atoms with Crippen LogP contribution in [0.1, 0.15) is 38.8 Å². The van der Waals surface area contributed by atoms with Gasteiger partial charge in [-0.3, -0.25) is 4.79 Å². The zero-order chi connectivity index (χ0) is 14.0. The highest BCUT2D eigenvalue weighted by Crippen LogP contribution is 2.32. The van der Waals surface area contributed by atoms with Crippen molar-refractivity contribution < 1.29 is 9.53 Å². The molecule has 1 aliphatic rings. The van der Waals surface area contributed by atoms with Gasteiger partial charge in [-0.05, 0) is 36.5 Å². The molecule has 1 fully saturated rings. The zero-order valence-electron chi connectivity index (χ0n) is 12.2. The third-order valence-corrected chi connectivity index (χ3v) is 4.20. The number of carbonyl (C=O) groups is 1. The molecule has 3 nitrogen and oxygen atoms in total. The summed E-state index contributed by atoms with van der Waals surface area (Å²) in [6.45, 7) is 7.37. The second-order valence-electron chi connectivity index (χ2n) is 5.70. The Labute approximate surface area is 115 Å². The molecule has 2 atom stereocenters. The zero-order valence-corrected chi connectivity index (χ0v) is 12.2. The predicted molar refractivity (Wildman–Crippen MR) is 76.1 cm³/mol. The molecule has 1 amide bonds. The van der Waals surface area contributed by atoms with Crippen molar-refractivity contribution in [2.45, 2.75) is 33.2 Å². The molecule has 0 N–H and O–H groups in total. The molecular weight excluding hydrogens is 238 g/mol. The molecule has 0 radical (unpaired) electrons. The van der Waals surface area contributed by atoms with Gasteiger partial charge in [0.25, 0.3) is 0 Å². The molecule has 0 bridgehead atoms. The molecule has 1 aromatic carbocycles. The van der Waals surface area contributed by atoms with Gasteiger partial charge in [-0.25, -0.2) is 0 Å². The Hall–Kier alpha value is -1.51. The maximum Gasteiger partial charge on any atom is 0.223 e. The lowest BCUT2D eigenvalue weighted by molar-refractivity contribution is -0.129. The summed E-state index contributed by atoms with van der Waals surface area (Å²) in [6, 6.07) is 8.12. The lowest BCUT2D eigenvalue weighted by Gasteiger charge is -2.26. The van der Waals surface area contributed by atoms with E-state index in [4.69, 9.17) is 4.74 Å². The second kappa shape index (κ2) is 5.64. The number of hydrogen-bond acceptors (Lipinski definition) is 2. The first-order valence-corrected chi connectivity index (χ1v) is 6.96. The van der Waals surface area contributed by atoms with E-state index in [1.165, 1.54) is 5.56 Å². The number of ether oxygens (including phenoxy) is 1. The molecule has 104 valence electrons. The van der Waals surface area contributed by atoms with Gasteiger partial charge >= 0.3 is 0 Å². The maximum absolute atomic E-state index is 12.1. The average Bonchev–Trinajstić information content (AvgIpc) is 2.80. The van der Waals surface area contributed by atoms with Crippen molar-refractivity contribution in [1.29, 1.82) is 0 Å². The van der Waals surface area contributed by atoms with Gasteiger partial charge in [0.05, 0.1) is 13.2 Å². The fraction of sp³-hybridized carbons (Fsp3) is 0.562. The lowest BCUT2D eigenvalue weighted by atomic mass is 9.95. The molecule has 0 saturated carbocycles. The quantitative estimate of drug-likeness (QED) is 0.832. The highest BCUT2D eigenvalue weighted by molar-refractivity contribution is 5.79. The minimum absolute atomic E-state index is 0.141. The number of rotatable bonds is 4. The Bertz CT molecular complexity index is 439. The predicted octanol–water partition coefficient (Wildman–Crippen LogP) is 3.26. The van der Waals surface area contributed by atoms with Gasteiger partial charge in [-0.15, -0.1) is 0 Å². The average molecular weight is 261 g/mol. The third kappa shape index (κ3) is 2.91. The fourth-order valence-electron chi connectivity index (χ4n) is 2.64.